The Kier molecular flexibility index (Phi) is 3.02. The van der Waals surface area contributed by atoms with Gasteiger partial charge in [-0.2, -0.15) is 4.98 Å². The fourth-order valence-electron chi connectivity index (χ4n) is 2.36. The number of fused-ring (bicyclic) bond motifs is 1. The highest BCUT2D eigenvalue weighted by atomic mass is 79.9. The van der Waals surface area contributed by atoms with Crippen molar-refractivity contribution < 1.29 is 0 Å². The lowest BCUT2D eigenvalue weighted by atomic mass is 10.2. The van der Waals surface area contributed by atoms with Crippen molar-refractivity contribution in [2.75, 3.05) is 22.9 Å². The first-order valence-electron chi connectivity index (χ1n) is 6.04. The molecule has 2 heterocycles. The Morgan fingerprint density at radius 3 is 2.95 bits per heavy atom. The van der Waals surface area contributed by atoms with Crippen molar-refractivity contribution in [1.82, 2.24) is 9.97 Å². The first-order valence-corrected chi connectivity index (χ1v) is 6.83. The van der Waals surface area contributed by atoms with E-state index in [1.807, 2.05) is 0 Å². The normalized spacial score (nSPS) is 13.6. The van der Waals surface area contributed by atoms with Crippen molar-refractivity contribution in [1.29, 1.82) is 0 Å². The SMILES string of the molecule is Nc1ncc(CN2CCc3cc(Br)ccc32)c(N)n1. The van der Waals surface area contributed by atoms with Gasteiger partial charge in [-0.3, -0.25) is 0 Å². The number of halogens is 1. The maximum absolute atomic E-state index is 5.88. The molecule has 2 aromatic rings. The summed E-state index contributed by atoms with van der Waals surface area (Å²) < 4.78 is 1.11. The molecule has 1 aliphatic rings. The van der Waals surface area contributed by atoms with Gasteiger partial charge in [0.1, 0.15) is 5.82 Å². The van der Waals surface area contributed by atoms with Gasteiger partial charge in [0.25, 0.3) is 0 Å². The lowest BCUT2D eigenvalue weighted by Crippen LogP contribution is -2.21. The number of anilines is 3. The van der Waals surface area contributed by atoms with Crippen molar-refractivity contribution in [3.63, 3.8) is 0 Å². The van der Waals surface area contributed by atoms with Gasteiger partial charge in [0.15, 0.2) is 0 Å². The fourth-order valence-corrected chi connectivity index (χ4v) is 2.77. The van der Waals surface area contributed by atoms with Crippen LogP contribution in [0.25, 0.3) is 0 Å². The molecule has 5 nitrogen and oxygen atoms in total. The van der Waals surface area contributed by atoms with E-state index < -0.39 is 0 Å². The molecule has 0 saturated carbocycles. The molecule has 1 aromatic carbocycles. The summed E-state index contributed by atoms with van der Waals surface area (Å²) in [7, 11) is 0. The molecular formula is C13H14BrN5. The van der Waals surface area contributed by atoms with Gasteiger partial charge in [0.2, 0.25) is 5.95 Å². The van der Waals surface area contributed by atoms with Crippen LogP contribution in [0.5, 0.6) is 0 Å². The third-order valence-electron chi connectivity index (χ3n) is 3.31. The average Bonchev–Trinajstić information content (AvgIpc) is 2.75. The first kappa shape index (κ1) is 12.2. The second-order valence-electron chi connectivity index (χ2n) is 4.58. The monoisotopic (exact) mass is 319 g/mol. The summed E-state index contributed by atoms with van der Waals surface area (Å²) in [5.41, 5.74) is 14.9. The third kappa shape index (κ3) is 2.35. The molecule has 0 fully saturated rings. The minimum absolute atomic E-state index is 0.215. The van der Waals surface area contributed by atoms with E-state index in [4.69, 9.17) is 11.5 Å². The van der Waals surface area contributed by atoms with Crippen LogP contribution >= 0.6 is 15.9 Å². The summed E-state index contributed by atoms with van der Waals surface area (Å²) in [5, 5.41) is 0. The van der Waals surface area contributed by atoms with Gasteiger partial charge in [0, 0.05) is 35.0 Å². The van der Waals surface area contributed by atoms with Crippen LogP contribution in [0.3, 0.4) is 0 Å². The number of nitrogens with zero attached hydrogens (tertiary/aromatic N) is 3. The van der Waals surface area contributed by atoms with Gasteiger partial charge in [-0.1, -0.05) is 15.9 Å². The molecular weight excluding hydrogens is 306 g/mol. The molecule has 0 bridgehead atoms. The van der Waals surface area contributed by atoms with E-state index in [0.29, 0.717) is 12.4 Å². The summed E-state index contributed by atoms with van der Waals surface area (Å²) in [4.78, 5) is 10.3. The van der Waals surface area contributed by atoms with Crippen molar-refractivity contribution >= 4 is 33.4 Å². The van der Waals surface area contributed by atoms with Gasteiger partial charge in [0.05, 0.1) is 0 Å². The van der Waals surface area contributed by atoms with E-state index in [2.05, 4.69) is 49.0 Å². The number of hydrogen-bond donors (Lipinski definition) is 2. The summed E-state index contributed by atoms with van der Waals surface area (Å²) in [6, 6.07) is 6.35. The molecule has 98 valence electrons. The zero-order valence-electron chi connectivity index (χ0n) is 10.3. The Morgan fingerprint density at radius 2 is 2.16 bits per heavy atom. The second kappa shape index (κ2) is 4.70. The summed E-state index contributed by atoms with van der Waals surface area (Å²) in [6.45, 7) is 1.69. The highest BCUT2D eigenvalue weighted by Gasteiger charge is 2.20. The molecule has 4 N–H and O–H groups in total. The standard InChI is InChI=1S/C13H14BrN5/c14-10-1-2-11-8(5-10)3-4-19(11)7-9-6-17-13(16)18-12(9)15/h1-2,5-6H,3-4,7H2,(H4,15,16,17,18). The van der Waals surface area contributed by atoms with Crippen LogP contribution < -0.4 is 16.4 Å². The summed E-state index contributed by atoms with van der Waals surface area (Å²) >= 11 is 3.50. The van der Waals surface area contributed by atoms with Crippen LogP contribution in [-0.4, -0.2) is 16.5 Å². The molecule has 0 amide bonds. The topological polar surface area (TPSA) is 81.1 Å². The van der Waals surface area contributed by atoms with Crippen LogP contribution in [0, 0.1) is 0 Å². The fraction of sp³-hybridized carbons (Fsp3) is 0.231. The van der Waals surface area contributed by atoms with Gasteiger partial charge in [-0.25, -0.2) is 4.98 Å². The van der Waals surface area contributed by atoms with E-state index >= 15 is 0 Å². The van der Waals surface area contributed by atoms with Gasteiger partial charge in [-0.15, -0.1) is 0 Å². The van der Waals surface area contributed by atoms with Crippen molar-refractivity contribution in [3.8, 4) is 0 Å². The first-order chi connectivity index (χ1) is 9.13. The van der Waals surface area contributed by atoms with E-state index in [9.17, 15) is 0 Å². The van der Waals surface area contributed by atoms with Crippen molar-refractivity contribution in [3.05, 3.63) is 40.0 Å². The lowest BCUT2D eigenvalue weighted by molar-refractivity contribution is 0.830. The molecule has 0 atom stereocenters. The van der Waals surface area contributed by atoms with E-state index in [1.54, 1.807) is 6.20 Å². The average molecular weight is 320 g/mol. The molecule has 0 spiro atoms. The predicted molar refractivity (Wildman–Crippen MR) is 79.8 cm³/mol. The van der Waals surface area contributed by atoms with Crippen molar-refractivity contribution in [2.24, 2.45) is 0 Å². The largest absolute Gasteiger partial charge is 0.383 e. The summed E-state index contributed by atoms with van der Waals surface area (Å²) in [6.07, 6.45) is 2.75. The zero-order chi connectivity index (χ0) is 13.4. The van der Waals surface area contributed by atoms with E-state index in [1.165, 1.54) is 11.3 Å². The van der Waals surface area contributed by atoms with Crippen molar-refractivity contribution in [2.45, 2.75) is 13.0 Å². The molecule has 0 radical (unpaired) electrons. The number of hydrogen-bond acceptors (Lipinski definition) is 5. The highest BCUT2D eigenvalue weighted by molar-refractivity contribution is 9.10. The Hall–Kier alpha value is -1.82. The zero-order valence-corrected chi connectivity index (χ0v) is 11.9. The molecule has 6 heteroatoms. The van der Waals surface area contributed by atoms with Gasteiger partial charge < -0.3 is 16.4 Å². The molecule has 19 heavy (non-hydrogen) atoms. The number of nitrogens with two attached hydrogens (primary N) is 2. The minimum atomic E-state index is 0.215. The predicted octanol–water partition coefficient (Wildman–Crippen LogP) is 1.97. The number of aromatic nitrogens is 2. The Labute approximate surface area is 119 Å². The third-order valence-corrected chi connectivity index (χ3v) is 3.80. The van der Waals surface area contributed by atoms with E-state index in [-0.39, 0.29) is 5.95 Å². The number of nitrogen functional groups attached to an aromatic ring is 2. The van der Waals surface area contributed by atoms with Crippen LogP contribution in [0.1, 0.15) is 11.1 Å². The Balaban J connectivity index is 1.86. The molecule has 0 aliphatic carbocycles. The Bertz CT molecular complexity index is 628. The molecule has 1 aromatic heterocycles. The molecule has 3 rings (SSSR count). The molecule has 1 aliphatic heterocycles. The smallest absolute Gasteiger partial charge is 0.221 e. The molecule has 0 saturated heterocycles. The maximum Gasteiger partial charge on any atom is 0.221 e. The highest BCUT2D eigenvalue weighted by Crippen LogP contribution is 2.31. The van der Waals surface area contributed by atoms with Crippen LogP contribution in [0.2, 0.25) is 0 Å². The quantitative estimate of drug-likeness (QED) is 0.884. The van der Waals surface area contributed by atoms with Gasteiger partial charge in [-0.05, 0) is 30.2 Å². The van der Waals surface area contributed by atoms with Crippen LogP contribution in [0.4, 0.5) is 17.5 Å². The van der Waals surface area contributed by atoms with E-state index in [0.717, 1.165) is 23.0 Å². The van der Waals surface area contributed by atoms with Crippen LogP contribution in [-0.2, 0) is 13.0 Å². The van der Waals surface area contributed by atoms with Crippen LogP contribution in [0.15, 0.2) is 28.9 Å². The van der Waals surface area contributed by atoms with Gasteiger partial charge >= 0.3 is 0 Å². The summed E-state index contributed by atoms with van der Waals surface area (Å²) in [5.74, 6) is 0.671. The minimum Gasteiger partial charge on any atom is -0.383 e. The molecule has 0 unspecified atom stereocenters. The number of rotatable bonds is 2. The second-order valence-corrected chi connectivity index (χ2v) is 5.50. The lowest BCUT2D eigenvalue weighted by Gasteiger charge is -2.20. The maximum atomic E-state index is 5.88. The Morgan fingerprint density at radius 1 is 1.32 bits per heavy atom. The number of benzene rings is 1.